The lowest BCUT2D eigenvalue weighted by atomic mass is 9.99. The molecule has 2 aromatic rings. The predicted octanol–water partition coefficient (Wildman–Crippen LogP) is 3.88. The quantitative estimate of drug-likeness (QED) is 0.933. The van der Waals surface area contributed by atoms with Crippen LogP contribution in [0.3, 0.4) is 0 Å². The number of hydrogen-bond donors (Lipinski definition) is 1. The van der Waals surface area contributed by atoms with Crippen LogP contribution in [0.2, 0.25) is 0 Å². The van der Waals surface area contributed by atoms with E-state index in [1.807, 2.05) is 55.4 Å². The Morgan fingerprint density at radius 1 is 1.11 bits per heavy atom. The molecule has 98 valence electrons. The van der Waals surface area contributed by atoms with Crippen LogP contribution in [0.15, 0.2) is 46.9 Å². The molecule has 4 heteroatoms. The fourth-order valence-corrected chi connectivity index (χ4v) is 2.40. The number of carbonyl (C=O) groups is 1. The molecule has 0 aliphatic heterocycles. The van der Waals surface area contributed by atoms with Gasteiger partial charge in [-0.25, -0.2) is 4.79 Å². The Labute approximate surface area is 120 Å². The second-order valence-corrected chi connectivity index (χ2v) is 5.26. The lowest BCUT2D eigenvalue weighted by Crippen LogP contribution is -2.10. The summed E-state index contributed by atoms with van der Waals surface area (Å²) < 4.78 is 0.884. The zero-order valence-electron chi connectivity index (χ0n) is 10.7. The summed E-state index contributed by atoms with van der Waals surface area (Å²) in [5, 5.41) is 9.39. The van der Waals surface area contributed by atoms with Gasteiger partial charge in [-0.15, -0.1) is 0 Å². The van der Waals surface area contributed by atoms with Crippen LogP contribution < -0.4 is 4.90 Å². The highest BCUT2D eigenvalue weighted by molar-refractivity contribution is 9.10. The Morgan fingerprint density at radius 2 is 1.79 bits per heavy atom. The van der Waals surface area contributed by atoms with Crippen molar-refractivity contribution in [3.05, 3.63) is 52.5 Å². The zero-order chi connectivity index (χ0) is 14.0. The van der Waals surface area contributed by atoms with Gasteiger partial charge in [0.15, 0.2) is 0 Å². The van der Waals surface area contributed by atoms with Crippen LogP contribution in [0.5, 0.6) is 0 Å². The van der Waals surface area contributed by atoms with Crippen molar-refractivity contribution < 1.29 is 9.90 Å². The van der Waals surface area contributed by atoms with Crippen molar-refractivity contribution >= 4 is 27.6 Å². The number of carboxylic acid groups (broad SMARTS) is 1. The van der Waals surface area contributed by atoms with E-state index in [1.165, 1.54) is 0 Å². The molecule has 0 spiro atoms. The highest BCUT2D eigenvalue weighted by Crippen LogP contribution is 2.32. The maximum absolute atomic E-state index is 11.4. The summed E-state index contributed by atoms with van der Waals surface area (Å²) in [6.07, 6.45) is 0. The third kappa shape index (κ3) is 2.79. The molecule has 0 bridgehead atoms. The molecule has 19 heavy (non-hydrogen) atoms. The third-order valence-corrected chi connectivity index (χ3v) is 3.61. The average molecular weight is 320 g/mol. The van der Waals surface area contributed by atoms with E-state index in [0.29, 0.717) is 11.1 Å². The van der Waals surface area contributed by atoms with Crippen molar-refractivity contribution in [2.24, 2.45) is 0 Å². The smallest absolute Gasteiger partial charge is 0.336 e. The van der Waals surface area contributed by atoms with E-state index in [2.05, 4.69) is 15.9 Å². The summed E-state index contributed by atoms with van der Waals surface area (Å²) >= 11 is 3.46. The number of nitrogens with zero attached hydrogens (tertiary/aromatic N) is 1. The number of carboxylic acids is 1. The number of rotatable bonds is 3. The standard InChI is InChI=1S/C15H14BrNO2/c1-17(2)10-7-8-11(13(9-10)15(18)19)12-5-3-4-6-14(12)16/h3-9H,1-2H3,(H,18,19). The van der Waals surface area contributed by atoms with E-state index in [0.717, 1.165) is 15.7 Å². The van der Waals surface area contributed by atoms with Crippen LogP contribution in [0.25, 0.3) is 11.1 Å². The first-order valence-corrected chi connectivity index (χ1v) is 6.59. The van der Waals surface area contributed by atoms with E-state index in [1.54, 1.807) is 6.07 Å². The van der Waals surface area contributed by atoms with Crippen LogP contribution in [-0.4, -0.2) is 25.2 Å². The zero-order valence-corrected chi connectivity index (χ0v) is 12.3. The van der Waals surface area contributed by atoms with Crippen molar-refractivity contribution in [3.63, 3.8) is 0 Å². The predicted molar refractivity (Wildman–Crippen MR) is 80.9 cm³/mol. The van der Waals surface area contributed by atoms with Gasteiger partial charge in [0.25, 0.3) is 0 Å². The van der Waals surface area contributed by atoms with Gasteiger partial charge in [0.1, 0.15) is 0 Å². The van der Waals surface area contributed by atoms with Crippen molar-refractivity contribution in [2.45, 2.75) is 0 Å². The minimum atomic E-state index is -0.922. The molecule has 0 heterocycles. The Morgan fingerprint density at radius 3 is 2.37 bits per heavy atom. The molecule has 0 fully saturated rings. The van der Waals surface area contributed by atoms with Gasteiger partial charge in [-0.05, 0) is 29.3 Å². The second-order valence-electron chi connectivity index (χ2n) is 4.41. The maximum Gasteiger partial charge on any atom is 0.336 e. The number of benzene rings is 2. The Kier molecular flexibility index (Phi) is 3.90. The van der Waals surface area contributed by atoms with Crippen molar-refractivity contribution in [3.8, 4) is 11.1 Å². The molecule has 3 nitrogen and oxygen atoms in total. The maximum atomic E-state index is 11.4. The number of halogens is 1. The highest BCUT2D eigenvalue weighted by Gasteiger charge is 2.14. The molecule has 0 saturated carbocycles. The van der Waals surface area contributed by atoms with Gasteiger partial charge in [0.2, 0.25) is 0 Å². The molecule has 0 unspecified atom stereocenters. The number of anilines is 1. The van der Waals surface area contributed by atoms with Crippen LogP contribution in [-0.2, 0) is 0 Å². The van der Waals surface area contributed by atoms with E-state index in [9.17, 15) is 9.90 Å². The van der Waals surface area contributed by atoms with Gasteiger partial charge in [0.05, 0.1) is 5.56 Å². The normalized spacial score (nSPS) is 10.3. The molecule has 1 N–H and O–H groups in total. The summed E-state index contributed by atoms with van der Waals surface area (Å²) in [5.41, 5.74) is 2.77. The monoisotopic (exact) mass is 319 g/mol. The summed E-state index contributed by atoms with van der Waals surface area (Å²) in [4.78, 5) is 13.3. The molecule has 2 aromatic carbocycles. The van der Waals surface area contributed by atoms with Crippen molar-refractivity contribution in [1.29, 1.82) is 0 Å². The van der Waals surface area contributed by atoms with Gasteiger partial charge in [-0.3, -0.25) is 0 Å². The lowest BCUT2D eigenvalue weighted by molar-refractivity contribution is 0.0698. The molecule has 0 amide bonds. The molecular formula is C15H14BrNO2. The lowest BCUT2D eigenvalue weighted by Gasteiger charge is -2.15. The van der Waals surface area contributed by atoms with Crippen molar-refractivity contribution in [2.75, 3.05) is 19.0 Å². The fourth-order valence-electron chi connectivity index (χ4n) is 1.90. The van der Waals surface area contributed by atoms with E-state index in [4.69, 9.17) is 0 Å². The summed E-state index contributed by atoms with van der Waals surface area (Å²) in [7, 11) is 3.78. The molecule has 0 aromatic heterocycles. The van der Waals surface area contributed by atoms with Gasteiger partial charge < -0.3 is 10.0 Å². The second kappa shape index (κ2) is 5.45. The van der Waals surface area contributed by atoms with Gasteiger partial charge in [0, 0.05) is 24.3 Å². The summed E-state index contributed by atoms with van der Waals surface area (Å²) in [5.74, 6) is -0.922. The molecule has 2 rings (SSSR count). The van der Waals surface area contributed by atoms with E-state index < -0.39 is 5.97 Å². The number of hydrogen-bond acceptors (Lipinski definition) is 2. The Hall–Kier alpha value is -1.81. The topological polar surface area (TPSA) is 40.5 Å². The fraction of sp³-hybridized carbons (Fsp3) is 0.133. The average Bonchev–Trinajstić information content (AvgIpc) is 2.38. The molecule has 0 aliphatic carbocycles. The van der Waals surface area contributed by atoms with Crippen LogP contribution in [0, 0.1) is 0 Å². The molecule has 0 saturated heterocycles. The van der Waals surface area contributed by atoms with E-state index >= 15 is 0 Å². The summed E-state index contributed by atoms with van der Waals surface area (Å²) in [6, 6.07) is 13.1. The molecule has 0 aliphatic rings. The molecule has 0 atom stereocenters. The largest absolute Gasteiger partial charge is 0.478 e. The minimum Gasteiger partial charge on any atom is -0.478 e. The summed E-state index contributed by atoms with van der Waals surface area (Å²) in [6.45, 7) is 0. The van der Waals surface area contributed by atoms with Crippen LogP contribution in [0.1, 0.15) is 10.4 Å². The SMILES string of the molecule is CN(C)c1ccc(-c2ccccc2Br)c(C(=O)O)c1. The Balaban J connectivity index is 2.64. The van der Waals surface area contributed by atoms with Crippen LogP contribution in [0.4, 0.5) is 5.69 Å². The number of aromatic carboxylic acids is 1. The first-order valence-electron chi connectivity index (χ1n) is 5.80. The van der Waals surface area contributed by atoms with Crippen molar-refractivity contribution in [1.82, 2.24) is 0 Å². The van der Waals surface area contributed by atoms with E-state index in [-0.39, 0.29) is 0 Å². The van der Waals surface area contributed by atoms with Gasteiger partial charge in [-0.1, -0.05) is 40.2 Å². The molecule has 0 radical (unpaired) electrons. The first kappa shape index (κ1) is 13.6. The molecular weight excluding hydrogens is 306 g/mol. The van der Waals surface area contributed by atoms with Gasteiger partial charge in [-0.2, -0.15) is 0 Å². The van der Waals surface area contributed by atoms with Gasteiger partial charge >= 0.3 is 5.97 Å². The van der Waals surface area contributed by atoms with Crippen LogP contribution >= 0.6 is 15.9 Å². The highest BCUT2D eigenvalue weighted by atomic mass is 79.9. The Bertz CT molecular complexity index is 623. The third-order valence-electron chi connectivity index (χ3n) is 2.91. The minimum absolute atomic E-state index is 0.304. The first-order chi connectivity index (χ1) is 9.00.